The van der Waals surface area contributed by atoms with E-state index in [1.165, 1.54) is 42.5 Å². The molecule has 1 heterocycles. The van der Waals surface area contributed by atoms with E-state index < -0.39 is 0 Å². The minimum atomic E-state index is 0.500. The number of aromatic nitrogens is 2. The number of hydrogen-bond acceptors (Lipinski definition) is 6. The molecule has 168 valence electrons. The third-order valence-corrected chi connectivity index (χ3v) is 6.82. The predicted molar refractivity (Wildman–Crippen MR) is 127 cm³/mol. The average molecular weight is 424 g/mol. The molecule has 6 nitrogen and oxygen atoms in total. The van der Waals surface area contributed by atoms with Crippen LogP contribution in [0.4, 0.5) is 11.8 Å². The van der Waals surface area contributed by atoms with E-state index in [1.54, 1.807) is 0 Å². The number of ether oxygens (including phenoxy) is 1. The van der Waals surface area contributed by atoms with Crippen molar-refractivity contribution in [1.29, 1.82) is 0 Å². The molecule has 4 rings (SSSR count). The molecule has 2 N–H and O–H groups in total. The molecule has 2 aromatic rings. The minimum Gasteiger partial charge on any atom is -0.494 e. The molecular weight excluding hydrogens is 386 g/mol. The second-order valence-corrected chi connectivity index (χ2v) is 8.79. The van der Waals surface area contributed by atoms with Crippen LogP contribution in [0.2, 0.25) is 0 Å². The van der Waals surface area contributed by atoms with Gasteiger partial charge in [0.15, 0.2) is 0 Å². The summed E-state index contributed by atoms with van der Waals surface area (Å²) in [6, 6.07) is 9.40. The Kier molecular flexibility index (Phi) is 7.28. The summed E-state index contributed by atoms with van der Waals surface area (Å²) in [6.07, 6.45) is 9.33. The van der Waals surface area contributed by atoms with Crippen LogP contribution in [-0.2, 0) is 19.4 Å². The fraction of sp³-hybridized carbons (Fsp3) is 0.600. The minimum absolute atomic E-state index is 0.500. The Morgan fingerprint density at radius 3 is 2.61 bits per heavy atom. The van der Waals surface area contributed by atoms with Gasteiger partial charge in [0, 0.05) is 43.9 Å². The van der Waals surface area contributed by atoms with E-state index in [9.17, 15) is 0 Å². The highest BCUT2D eigenvalue weighted by atomic mass is 16.5. The topological polar surface area (TPSA) is 62.3 Å². The van der Waals surface area contributed by atoms with Gasteiger partial charge in [-0.3, -0.25) is 0 Å². The zero-order chi connectivity index (χ0) is 21.6. The second kappa shape index (κ2) is 10.3. The van der Waals surface area contributed by atoms with Crippen molar-refractivity contribution in [2.24, 2.45) is 0 Å². The van der Waals surface area contributed by atoms with Crippen molar-refractivity contribution in [2.75, 3.05) is 30.9 Å². The molecule has 1 fully saturated rings. The average Bonchev–Trinajstić information content (AvgIpc) is 2.83. The number of para-hydroxylation sites is 1. The highest BCUT2D eigenvalue weighted by Crippen LogP contribution is 2.30. The SMILES string of the molecule is CCOc1ccccc1CNC1CCC(N(C)c2nc3c(c(NC)n2)CCCC3)CC1. The number of hydrogen-bond donors (Lipinski definition) is 2. The molecule has 0 atom stereocenters. The molecule has 31 heavy (non-hydrogen) atoms. The van der Waals surface area contributed by atoms with Crippen molar-refractivity contribution >= 4 is 11.8 Å². The van der Waals surface area contributed by atoms with E-state index in [-0.39, 0.29) is 0 Å². The first-order valence-electron chi connectivity index (χ1n) is 11.9. The lowest BCUT2D eigenvalue weighted by molar-refractivity contribution is 0.321. The van der Waals surface area contributed by atoms with Crippen molar-refractivity contribution in [1.82, 2.24) is 15.3 Å². The van der Waals surface area contributed by atoms with Crippen LogP contribution >= 0.6 is 0 Å². The Bertz CT molecular complexity index is 846. The van der Waals surface area contributed by atoms with Crippen LogP contribution in [0.15, 0.2) is 24.3 Å². The molecule has 0 bridgehead atoms. The van der Waals surface area contributed by atoms with Gasteiger partial charge in [0.25, 0.3) is 0 Å². The maximum absolute atomic E-state index is 5.77. The summed E-state index contributed by atoms with van der Waals surface area (Å²) in [4.78, 5) is 12.2. The zero-order valence-electron chi connectivity index (χ0n) is 19.3. The fourth-order valence-electron chi connectivity index (χ4n) is 4.98. The van der Waals surface area contributed by atoms with Gasteiger partial charge in [-0.05, 0) is 64.4 Å². The van der Waals surface area contributed by atoms with E-state index in [1.807, 2.05) is 20.0 Å². The van der Waals surface area contributed by atoms with E-state index >= 15 is 0 Å². The predicted octanol–water partition coefficient (Wildman–Crippen LogP) is 4.33. The molecule has 1 aromatic heterocycles. The molecule has 6 heteroatoms. The fourth-order valence-corrected chi connectivity index (χ4v) is 4.98. The van der Waals surface area contributed by atoms with Gasteiger partial charge in [-0.15, -0.1) is 0 Å². The Hall–Kier alpha value is -2.34. The smallest absolute Gasteiger partial charge is 0.227 e. The Morgan fingerprint density at radius 1 is 1.06 bits per heavy atom. The molecule has 0 spiro atoms. The third-order valence-electron chi connectivity index (χ3n) is 6.82. The number of fused-ring (bicyclic) bond motifs is 1. The summed E-state index contributed by atoms with van der Waals surface area (Å²) in [7, 11) is 4.14. The molecular formula is C25H37N5O. The molecule has 0 radical (unpaired) electrons. The highest BCUT2D eigenvalue weighted by Gasteiger charge is 2.27. The van der Waals surface area contributed by atoms with Crippen molar-refractivity contribution in [3.63, 3.8) is 0 Å². The lowest BCUT2D eigenvalue weighted by atomic mass is 9.90. The summed E-state index contributed by atoms with van der Waals surface area (Å²) in [5.74, 6) is 2.90. The quantitative estimate of drug-likeness (QED) is 0.659. The van der Waals surface area contributed by atoms with Gasteiger partial charge in [0.05, 0.1) is 12.3 Å². The summed E-state index contributed by atoms with van der Waals surface area (Å²) in [6.45, 7) is 3.60. The van der Waals surface area contributed by atoms with Crippen LogP contribution in [0.25, 0.3) is 0 Å². The van der Waals surface area contributed by atoms with Gasteiger partial charge in [0.1, 0.15) is 11.6 Å². The number of anilines is 2. The number of benzene rings is 1. The van der Waals surface area contributed by atoms with Gasteiger partial charge in [-0.1, -0.05) is 18.2 Å². The molecule has 2 aliphatic rings. The second-order valence-electron chi connectivity index (χ2n) is 8.79. The first-order valence-corrected chi connectivity index (χ1v) is 11.9. The van der Waals surface area contributed by atoms with Gasteiger partial charge in [0.2, 0.25) is 5.95 Å². The normalized spacial score (nSPS) is 20.7. The van der Waals surface area contributed by atoms with Crippen LogP contribution in [0.1, 0.15) is 62.3 Å². The molecule has 0 aliphatic heterocycles. The van der Waals surface area contributed by atoms with Crippen molar-refractivity contribution in [2.45, 2.75) is 76.9 Å². The Labute approximate surface area is 186 Å². The number of nitrogens with zero attached hydrogens (tertiary/aromatic N) is 3. The van der Waals surface area contributed by atoms with Crippen molar-refractivity contribution in [3.05, 3.63) is 41.1 Å². The lowest BCUT2D eigenvalue weighted by Gasteiger charge is -2.35. The molecule has 0 saturated heterocycles. The van der Waals surface area contributed by atoms with Crippen LogP contribution in [0, 0.1) is 0 Å². The first-order chi connectivity index (χ1) is 15.2. The monoisotopic (exact) mass is 423 g/mol. The molecule has 2 aliphatic carbocycles. The van der Waals surface area contributed by atoms with E-state index in [0.717, 1.165) is 49.7 Å². The third kappa shape index (κ3) is 5.12. The molecule has 1 saturated carbocycles. The van der Waals surface area contributed by atoms with Crippen LogP contribution in [-0.4, -0.2) is 42.8 Å². The highest BCUT2D eigenvalue weighted by molar-refractivity contribution is 5.52. The van der Waals surface area contributed by atoms with Gasteiger partial charge in [-0.2, -0.15) is 4.98 Å². The van der Waals surface area contributed by atoms with Gasteiger partial charge in [-0.25, -0.2) is 4.98 Å². The lowest BCUT2D eigenvalue weighted by Crippen LogP contribution is -2.41. The molecule has 1 aromatic carbocycles. The summed E-state index contributed by atoms with van der Waals surface area (Å²) < 4.78 is 5.77. The summed E-state index contributed by atoms with van der Waals surface area (Å²) in [5.41, 5.74) is 3.81. The molecule has 0 amide bonds. The van der Waals surface area contributed by atoms with E-state index in [0.29, 0.717) is 18.7 Å². The van der Waals surface area contributed by atoms with Crippen molar-refractivity contribution in [3.8, 4) is 5.75 Å². The summed E-state index contributed by atoms with van der Waals surface area (Å²) in [5, 5.41) is 7.06. The maximum atomic E-state index is 5.77. The Balaban J connectivity index is 1.34. The number of aryl methyl sites for hydroxylation is 1. The van der Waals surface area contributed by atoms with Crippen LogP contribution in [0.5, 0.6) is 5.75 Å². The van der Waals surface area contributed by atoms with Crippen molar-refractivity contribution < 1.29 is 4.74 Å². The van der Waals surface area contributed by atoms with Crippen LogP contribution < -0.4 is 20.3 Å². The maximum Gasteiger partial charge on any atom is 0.227 e. The largest absolute Gasteiger partial charge is 0.494 e. The number of rotatable bonds is 8. The zero-order valence-corrected chi connectivity index (χ0v) is 19.3. The first kappa shape index (κ1) is 21.9. The Morgan fingerprint density at radius 2 is 1.84 bits per heavy atom. The summed E-state index contributed by atoms with van der Waals surface area (Å²) >= 11 is 0. The number of nitrogens with one attached hydrogen (secondary N) is 2. The van der Waals surface area contributed by atoms with Gasteiger partial charge >= 0.3 is 0 Å². The van der Waals surface area contributed by atoms with Crippen LogP contribution in [0.3, 0.4) is 0 Å². The van der Waals surface area contributed by atoms with E-state index in [2.05, 4.69) is 40.8 Å². The molecule has 0 unspecified atom stereocenters. The van der Waals surface area contributed by atoms with E-state index in [4.69, 9.17) is 14.7 Å². The van der Waals surface area contributed by atoms with Gasteiger partial charge < -0.3 is 20.3 Å². The standard InChI is InChI=1S/C25H37N5O/c1-4-31-23-12-8-5-9-18(23)17-27-19-13-15-20(16-14-19)30(3)25-28-22-11-7-6-10-21(22)24(26-2)29-25/h5,8-9,12,19-20,27H,4,6-7,10-11,13-17H2,1-3H3,(H,26,28,29).